The van der Waals surface area contributed by atoms with Gasteiger partial charge < -0.3 is 9.80 Å². The SMILES string of the molecule is CN(C(=O)C1CCN(C(=O)C=Cc2ccccc2)CC1)c1ccccc1. The highest BCUT2D eigenvalue weighted by molar-refractivity contribution is 5.95. The van der Waals surface area contributed by atoms with Gasteiger partial charge in [0.05, 0.1) is 0 Å². The third kappa shape index (κ3) is 4.39. The molecular weight excluding hydrogens is 324 g/mol. The van der Waals surface area contributed by atoms with Crippen molar-refractivity contribution < 1.29 is 9.59 Å². The van der Waals surface area contributed by atoms with Crippen molar-refractivity contribution in [1.29, 1.82) is 0 Å². The highest BCUT2D eigenvalue weighted by Crippen LogP contribution is 2.22. The molecule has 2 aromatic carbocycles. The summed E-state index contributed by atoms with van der Waals surface area (Å²) in [5.41, 5.74) is 1.91. The Labute approximate surface area is 154 Å². The molecule has 0 radical (unpaired) electrons. The van der Waals surface area contributed by atoms with Crippen LogP contribution in [0.2, 0.25) is 0 Å². The zero-order valence-electron chi connectivity index (χ0n) is 15.0. The Bertz CT molecular complexity index is 763. The van der Waals surface area contributed by atoms with Crippen LogP contribution >= 0.6 is 0 Å². The normalized spacial score (nSPS) is 15.2. The lowest BCUT2D eigenvalue weighted by molar-refractivity contribution is -0.130. The van der Waals surface area contributed by atoms with Crippen LogP contribution in [-0.4, -0.2) is 36.9 Å². The number of nitrogens with zero attached hydrogens (tertiary/aromatic N) is 2. The van der Waals surface area contributed by atoms with E-state index in [9.17, 15) is 9.59 Å². The minimum Gasteiger partial charge on any atom is -0.339 e. The largest absolute Gasteiger partial charge is 0.339 e. The van der Waals surface area contributed by atoms with Gasteiger partial charge in [-0.2, -0.15) is 0 Å². The number of para-hydroxylation sites is 1. The maximum Gasteiger partial charge on any atom is 0.246 e. The van der Waals surface area contributed by atoms with E-state index in [4.69, 9.17) is 0 Å². The molecule has 1 fully saturated rings. The van der Waals surface area contributed by atoms with Crippen molar-refractivity contribution >= 4 is 23.6 Å². The van der Waals surface area contributed by atoms with Crippen LogP contribution < -0.4 is 4.90 Å². The molecule has 4 nitrogen and oxygen atoms in total. The lowest BCUT2D eigenvalue weighted by atomic mass is 9.95. The minimum absolute atomic E-state index is 0.0103. The van der Waals surface area contributed by atoms with Crippen LogP contribution in [0.25, 0.3) is 6.08 Å². The molecule has 0 saturated carbocycles. The molecule has 0 N–H and O–H groups in total. The lowest BCUT2D eigenvalue weighted by Crippen LogP contribution is -2.43. The van der Waals surface area contributed by atoms with E-state index in [2.05, 4.69) is 0 Å². The molecule has 1 aliphatic rings. The molecule has 26 heavy (non-hydrogen) atoms. The van der Waals surface area contributed by atoms with Crippen LogP contribution in [0, 0.1) is 5.92 Å². The summed E-state index contributed by atoms with van der Waals surface area (Å²) in [6.07, 6.45) is 4.87. The molecular formula is C22H24N2O2. The summed E-state index contributed by atoms with van der Waals surface area (Å²) in [7, 11) is 1.82. The Balaban J connectivity index is 1.53. The zero-order valence-corrected chi connectivity index (χ0v) is 15.0. The number of amides is 2. The van der Waals surface area contributed by atoms with E-state index in [0.717, 1.165) is 11.3 Å². The Morgan fingerprint density at radius 2 is 1.54 bits per heavy atom. The molecule has 0 aromatic heterocycles. The molecule has 0 unspecified atom stereocenters. The molecule has 4 heteroatoms. The molecule has 0 atom stereocenters. The fourth-order valence-electron chi connectivity index (χ4n) is 3.24. The molecule has 3 rings (SSSR count). The first-order valence-corrected chi connectivity index (χ1v) is 9.00. The van der Waals surface area contributed by atoms with Gasteiger partial charge in [-0.15, -0.1) is 0 Å². The number of rotatable bonds is 4. The van der Waals surface area contributed by atoms with Gasteiger partial charge >= 0.3 is 0 Å². The average Bonchev–Trinajstić information content (AvgIpc) is 2.72. The number of benzene rings is 2. The van der Waals surface area contributed by atoms with Crippen LogP contribution in [0.4, 0.5) is 5.69 Å². The van der Waals surface area contributed by atoms with E-state index < -0.39 is 0 Å². The average molecular weight is 348 g/mol. The Hall–Kier alpha value is -2.88. The van der Waals surface area contributed by atoms with Gasteiger partial charge in [-0.3, -0.25) is 9.59 Å². The molecule has 1 saturated heterocycles. The number of likely N-dealkylation sites (tertiary alicyclic amines) is 1. The van der Waals surface area contributed by atoms with Crippen molar-refractivity contribution in [2.75, 3.05) is 25.0 Å². The number of piperidine rings is 1. The van der Waals surface area contributed by atoms with Gasteiger partial charge in [0, 0.05) is 37.8 Å². The smallest absolute Gasteiger partial charge is 0.246 e. The molecule has 134 valence electrons. The van der Waals surface area contributed by atoms with Crippen molar-refractivity contribution in [3.63, 3.8) is 0 Å². The maximum absolute atomic E-state index is 12.7. The third-order valence-electron chi connectivity index (χ3n) is 4.85. The summed E-state index contributed by atoms with van der Waals surface area (Å²) in [5.74, 6) is 0.113. The number of hydrogen-bond donors (Lipinski definition) is 0. The molecule has 1 heterocycles. The zero-order chi connectivity index (χ0) is 18.4. The quantitative estimate of drug-likeness (QED) is 0.792. The predicted molar refractivity (Wildman–Crippen MR) is 105 cm³/mol. The second-order valence-corrected chi connectivity index (χ2v) is 6.58. The number of anilines is 1. The maximum atomic E-state index is 12.7. The molecule has 1 aliphatic heterocycles. The van der Waals surface area contributed by atoms with Crippen molar-refractivity contribution in [1.82, 2.24) is 4.90 Å². The van der Waals surface area contributed by atoms with Crippen molar-refractivity contribution in [3.8, 4) is 0 Å². The monoisotopic (exact) mass is 348 g/mol. The first kappa shape index (κ1) is 17.9. The van der Waals surface area contributed by atoms with Gasteiger partial charge in [0.2, 0.25) is 11.8 Å². The van der Waals surface area contributed by atoms with E-state index >= 15 is 0 Å². The van der Waals surface area contributed by atoms with Crippen LogP contribution in [0.15, 0.2) is 66.7 Å². The van der Waals surface area contributed by atoms with Gasteiger partial charge in [0.1, 0.15) is 0 Å². The minimum atomic E-state index is -0.0256. The second kappa shape index (κ2) is 8.48. The molecule has 0 spiro atoms. The van der Waals surface area contributed by atoms with E-state index in [-0.39, 0.29) is 17.7 Å². The van der Waals surface area contributed by atoms with Gasteiger partial charge in [-0.1, -0.05) is 48.5 Å². The first-order valence-electron chi connectivity index (χ1n) is 9.00. The first-order chi connectivity index (χ1) is 12.6. The predicted octanol–water partition coefficient (Wildman–Crippen LogP) is 3.60. The molecule has 2 amide bonds. The van der Waals surface area contributed by atoms with E-state index in [1.54, 1.807) is 11.0 Å². The number of carbonyl (C=O) groups is 2. The summed E-state index contributed by atoms with van der Waals surface area (Å²) >= 11 is 0. The van der Waals surface area contributed by atoms with Crippen molar-refractivity contribution in [2.45, 2.75) is 12.8 Å². The van der Waals surface area contributed by atoms with Crippen LogP contribution in [0.1, 0.15) is 18.4 Å². The van der Waals surface area contributed by atoms with Crippen LogP contribution in [-0.2, 0) is 9.59 Å². The molecule has 2 aromatic rings. The fraction of sp³-hybridized carbons (Fsp3) is 0.273. The van der Waals surface area contributed by atoms with E-state index in [1.807, 2.05) is 78.7 Å². The highest BCUT2D eigenvalue weighted by Gasteiger charge is 2.28. The standard InChI is InChI=1S/C22H24N2O2/c1-23(20-10-6-3-7-11-20)22(26)19-14-16-24(17-15-19)21(25)13-12-18-8-4-2-5-9-18/h2-13,19H,14-17H2,1H3. The van der Waals surface area contributed by atoms with E-state index in [0.29, 0.717) is 25.9 Å². The van der Waals surface area contributed by atoms with Crippen molar-refractivity contribution in [2.24, 2.45) is 5.92 Å². The summed E-state index contributed by atoms with van der Waals surface area (Å²) in [6, 6.07) is 19.5. The topological polar surface area (TPSA) is 40.6 Å². The highest BCUT2D eigenvalue weighted by atomic mass is 16.2. The Kier molecular flexibility index (Phi) is 5.84. The molecule has 0 bridgehead atoms. The Morgan fingerprint density at radius 3 is 2.15 bits per heavy atom. The van der Waals surface area contributed by atoms with Gasteiger partial charge in [0.25, 0.3) is 0 Å². The lowest BCUT2D eigenvalue weighted by Gasteiger charge is -2.32. The van der Waals surface area contributed by atoms with Crippen LogP contribution in [0.5, 0.6) is 0 Å². The summed E-state index contributed by atoms with van der Waals surface area (Å²) < 4.78 is 0. The van der Waals surface area contributed by atoms with Gasteiger partial charge in [0.15, 0.2) is 0 Å². The molecule has 0 aliphatic carbocycles. The van der Waals surface area contributed by atoms with Gasteiger partial charge in [-0.25, -0.2) is 0 Å². The third-order valence-corrected chi connectivity index (χ3v) is 4.85. The summed E-state index contributed by atoms with van der Waals surface area (Å²) in [5, 5.41) is 0. The number of hydrogen-bond acceptors (Lipinski definition) is 2. The summed E-state index contributed by atoms with van der Waals surface area (Å²) in [4.78, 5) is 28.6. The fourth-order valence-corrected chi connectivity index (χ4v) is 3.24. The van der Waals surface area contributed by atoms with Crippen molar-refractivity contribution in [3.05, 3.63) is 72.3 Å². The van der Waals surface area contributed by atoms with E-state index in [1.165, 1.54) is 0 Å². The second-order valence-electron chi connectivity index (χ2n) is 6.58. The number of carbonyl (C=O) groups excluding carboxylic acids is 2. The Morgan fingerprint density at radius 1 is 0.962 bits per heavy atom. The summed E-state index contributed by atoms with van der Waals surface area (Å²) in [6.45, 7) is 1.24. The van der Waals surface area contributed by atoms with Gasteiger partial charge in [-0.05, 0) is 36.6 Å². The van der Waals surface area contributed by atoms with Crippen LogP contribution in [0.3, 0.4) is 0 Å².